The van der Waals surface area contributed by atoms with Crippen LogP contribution in [-0.4, -0.2) is 29.3 Å². The van der Waals surface area contributed by atoms with Crippen molar-refractivity contribution in [2.75, 3.05) is 5.75 Å². The lowest BCUT2D eigenvalue weighted by Gasteiger charge is -2.11. The molecule has 0 fully saturated rings. The molecule has 0 saturated carbocycles. The summed E-state index contributed by atoms with van der Waals surface area (Å²) >= 11 is 3.89. The molecule has 0 aliphatic heterocycles. The smallest absolute Gasteiger partial charge is 0.289 e. The maximum atomic E-state index is 11.2. The number of rotatable bonds is 5. The van der Waals surface area contributed by atoms with Crippen LogP contribution >= 0.6 is 12.6 Å². The van der Waals surface area contributed by atoms with Crippen LogP contribution in [0.25, 0.3) is 0 Å². The number of amides is 1. The second kappa shape index (κ2) is 7.07. The SMILES string of the molecule is CC#CCC(=O)C(=O)NC(CS)C(C)=O. The van der Waals surface area contributed by atoms with E-state index in [0.29, 0.717) is 0 Å². The van der Waals surface area contributed by atoms with Crippen LogP contribution < -0.4 is 5.32 Å². The topological polar surface area (TPSA) is 63.2 Å². The van der Waals surface area contributed by atoms with Crippen molar-refractivity contribution in [1.29, 1.82) is 0 Å². The third-order valence-corrected chi connectivity index (χ3v) is 2.02. The fourth-order valence-corrected chi connectivity index (χ4v) is 1.11. The van der Waals surface area contributed by atoms with E-state index >= 15 is 0 Å². The molecule has 0 radical (unpaired) electrons. The Morgan fingerprint density at radius 1 is 1.40 bits per heavy atom. The predicted octanol–water partition coefficient (Wildman–Crippen LogP) is -0.0275. The van der Waals surface area contributed by atoms with E-state index in [1.165, 1.54) is 6.92 Å². The molecule has 1 atom stereocenters. The highest BCUT2D eigenvalue weighted by Crippen LogP contribution is 1.91. The van der Waals surface area contributed by atoms with E-state index < -0.39 is 17.7 Å². The Kier molecular flexibility index (Phi) is 6.47. The van der Waals surface area contributed by atoms with Crippen LogP contribution in [0.3, 0.4) is 0 Å². The molecule has 0 heterocycles. The van der Waals surface area contributed by atoms with Gasteiger partial charge in [0.2, 0.25) is 5.78 Å². The lowest BCUT2D eigenvalue weighted by Crippen LogP contribution is -2.44. The molecule has 0 aliphatic carbocycles. The normalized spacial score (nSPS) is 10.9. The average molecular weight is 227 g/mol. The van der Waals surface area contributed by atoms with Gasteiger partial charge < -0.3 is 5.32 Å². The van der Waals surface area contributed by atoms with Crippen molar-refractivity contribution >= 4 is 30.1 Å². The quantitative estimate of drug-likeness (QED) is 0.394. The Balaban J connectivity index is 4.26. The van der Waals surface area contributed by atoms with Gasteiger partial charge in [-0.1, -0.05) is 5.92 Å². The number of nitrogens with one attached hydrogen (secondary N) is 1. The van der Waals surface area contributed by atoms with Crippen molar-refractivity contribution in [1.82, 2.24) is 5.32 Å². The monoisotopic (exact) mass is 227 g/mol. The van der Waals surface area contributed by atoms with Gasteiger partial charge in [0.05, 0.1) is 12.5 Å². The average Bonchev–Trinajstić information content (AvgIpc) is 2.21. The summed E-state index contributed by atoms with van der Waals surface area (Å²) in [7, 11) is 0. The van der Waals surface area contributed by atoms with Crippen molar-refractivity contribution < 1.29 is 14.4 Å². The second-order valence-electron chi connectivity index (χ2n) is 2.85. The highest BCUT2D eigenvalue weighted by molar-refractivity contribution is 7.80. The van der Waals surface area contributed by atoms with Crippen LogP contribution in [0.2, 0.25) is 0 Å². The first-order valence-electron chi connectivity index (χ1n) is 4.37. The lowest BCUT2D eigenvalue weighted by molar-refractivity contribution is -0.138. The van der Waals surface area contributed by atoms with Crippen LogP contribution in [0, 0.1) is 11.8 Å². The number of Topliss-reactive ketones (excluding diaryl/α,β-unsaturated/α-hetero) is 2. The Morgan fingerprint density at radius 2 is 2.00 bits per heavy atom. The first-order valence-corrected chi connectivity index (χ1v) is 5.00. The van der Waals surface area contributed by atoms with Crippen LogP contribution in [-0.2, 0) is 14.4 Å². The van der Waals surface area contributed by atoms with Gasteiger partial charge in [0, 0.05) is 5.75 Å². The molecule has 1 unspecified atom stereocenters. The summed E-state index contributed by atoms with van der Waals surface area (Å²) in [5.41, 5.74) is 0. The minimum Gasteiger partial charge on any atom is -0.339 e. The Hall–Kier alpha value is -1.28. The minimum absolute atomic E-state index is 0.125. The third-order valence-electron chi connectivity index (χ3n) is 1.66. The summed E-state index contributed by atoms with van der Waals surface area (Å²) in [6.07, 6.45) is -0.125. The number of thiol groups is 1. The summed E-state index contributed by atoms with van der Waals surface area (Å²) in [4.78, 5) is 33.3. The fourth-order valence-electron chi connectivity index (χ4n) is 0.764. The Bertz CT molecular complexity index is 327. The van der Waals surface area contributed by atoms with Crippen molar-refractivity contribution in [2.45, 2.75) is 26.3 Å². The fraction of sp³-hybridized carbons (Fsp3) is 0.500. The number of hydrogen-bond acceptors (Lipinski definition) is 4. The van der Waals surface area contributed by atoms with Gasteiger partial charge >= 0.3 is 0 Å². The summed E-state index contributed by atoms with van der Waals surface area (Å²) in [6.45, 7) is 2.91. The second-order valence-corrected chi connectivity index (χ2v) is 3.21. The van der Waals surface area contributed by atoms with Crippen LogP contribution in [0.15, 0.2) is 0 Å². The van der Waals surface area contributed by atoms with Gasteiger partial charge in [-0.25, -0.2) is 0 Å². The highest BCUT2D eigenvalue weighted by atomic mass is 32.1. The van der Waals surface area contributed by atoms with Crippen molar-refractivity contribution in [3.05, 3.63) is 0 Å². The third kappa shape index (κ3) is 5.23. The van der Waals surface area contributed by atoms with Gasteiger partial charge in [-0.05, 0) is 13.8 Å². The molecule has 4 nitrogen and oxygen atoms in total. The molecule has 0 bridgehead atoms. The van der Waals surface area contributed by atoms with Gasteiger partial charge in [0.15, 0.2) is 5.78 Å². The van der Waals surface area contributed by atoms with E-state index in [1.807, 2.05) is 0 Å². The van der Waals surface area contributed by atoms with Gasteiger partial charge in [-0.2, -0.15) is 12.6 Å². The number of hydrogen-bond donors (Lipinski definition) is 2. The van der Waals surface area contributed by atoms with E-state index in [-0.39, 0.29) is 18.0 Å². The molecule has 1 amide bonds. The summed E-state index contributed by atoms with van der Waals surface area (Å²) in [5.74, 6) is 3.51. The first-order chi connectivity index (χ1) is 7.02. The van der Waals surface area contributed by atoms with Gasteiger partial charge in [-0.15, -0.1) is 5.92 Å². The van der Waals surface area contributed by atoms with Gasteiger partial charge in [0.25, 0.3) is 5.91 Å². The maximum absolute atomic E-state index is 11.2. The molecule has 0 aromatic carbocycles. The molecule has 0 rings (SSSR count). The number of ketones is 2. The van der Waals surface area contributed by atoms with E-state index in [1.54, 1.807) is 6.92 Å². The van der Waals surface area contributed by atoms with Crippen LogP contribution in [0.4, 0.5) is 0 Å². The zero-order valence-electron chi connectivity index (χ0n) is 8.66. The van der Waals surface area contributed by atoms with Gasteiger partial charge in [-0.3, -0.25) is 14.4 Å². The van der Waals surface area contributed by atoms with Crippen molar-refractivity contribution in [2.24, 2.45) is 0 Å². The van der Waals surface area contributed by atoms with Crippen molar-refractivity contribution in [3.8, 4) is 11.8 Å². The molecule has 0 spiro atoms. The molecular weight excluding hydrogens is 214 g/mol. The van der Waals surface area contributed by atoms with E-state index in [4.69, 9.17) is 0 Å². The minimum atomic E-state index is -0.785. The van der Waals surface area contributed by atoms with Crippen LogP contribution in [0.5, 0.6) is 0 Å². The van der Waals surface area contributed by atoms with E-state index in [0.717, 1.165) is 0 Å². The van der Waals surface area contributed by atoms with Crippen LogP contribution in [0.1, 0.15) is 20.3 Å². The maximum Gasteiger partial charge on any atom is 0.289 e. The zero-order chi connectivity index (χ0) is 11.8. The largest absolute Gasteiger partial charge is 0.339 e. The summed E-state index contributed by atoms with van der Waals surface area (Å²) in [5, 5.41) is 2.29. The molecule has 0 aliphatic rings. The number of carbonyl (C=O) groups excluding carboxylic acids is 3. The van der Waals surface area contributed by atoms with E-state index in [2.05, 4.69) is 29.8 Å². The first kappa shape index (κ1) is 13.7. The van der Waals surface area contributed by atoms with E-state index in [9.17, 15) is 14.4 Å². The lowest BCUT2D eigenvalue weighted by atomic mass is 10.2. The molecule has 0 saturated heterocycles. The molecule has 0 aromatic rings. The molecular formula is C10H13NO3S. The Labute approximate surface area is 94.2 Å². The van der Waals surface area contributed by atoms with Crippen molar-refractivity contribution in [3.63, 3.8) is 0 Å². The molecule has 1 N–H and O–H groups in total. The summed E-state index contributed by atoms with van der Waals surface area (Å²) in [6, 6.07) is -0.709. The number of carbonyl (C=O) groups is 3. The predicted molar refractivity (Wildman–Crippen MR) is 59.5 cm³/mol. The zero-order valence-corrected chi connectivity index (χ0v) is 9.56. The molecule has 15 heavy (non-hydrogen) atoms. The standard InChI is InChI=1S/C10H13NO3S/c1-3-4-5-9(13)10(14)11-8(6-15)7(2)12/h8,15H,5-6H2,1-2H3,(H,11,14). The Morgan fingerprint density at radius 3 is 2.40 bits per heavy atom. The molecule has 0 aromatic heterocycles. The molecule has 82 valence electrons. The summed E-state index contributed by atoms with van der Waals surface area (Å²) < 4.78 is 0. The highest BCUT2D eigenvalue weighted by Gasteiger charge is 2.19. The van der Waals surface area contributed by atoms with Gasteiger partial charge in [0.1, 0.15) is 0 Å². The molecule has 5 heteroatoms.